The maximum absolute atomic E-state index is 12.3. The molecule has 0 unspecified atom stereocenters. The minimum atomic E-state index is -1.18. The van der Waals surface area contributed by atoms with Crippen molar-refractivity contribution >= 4 is 46.5 Å². The highest BCUT2D eigenvalue weighted by atomic mass is 35.5. The zero-order valence-corrected chi connectivity index (χ0v) is 14.2. The first-order chi connectivity index (χ1) is 11.4. The lowest BCUT2D eigenvalue weighted by Crippen LogP contribution is -2.45. The van der Waals surface area contributed by atoms with Crippen molar-refractivity contribution in [3.8, 4) is 0 Å². The molecule has 2 rings (SSSR count). The summed E-state index contributed by atoms with van der Waals surface area (Å²) in [4.78, 5) is 23.4. The van der Waals surface area contributed by atoms with Crippen LogP contribution in [0.25, 0.3) is 0 Å². The molecule has 0 spiro atoms. The number of carboxylic acid groups (broad SMARTS) is 1. The lowest BCUT2D eigenvalue weighted by Gasteiger charge is -2.22. The normalized spacial score (nSPS) is 9.92. The van der Waals surface area contributed by atoms with Crippen LogP contribution in [0, 0.1) is 0 Å². The fourth-order valence-electron chi connectivity index (χ4n) is 1.87. The fourth-order valence-corrected chi connectivity index (χ4v) is 2.16. The van der Waals surface area contributed by atoms with Crippen molar-refractivity contribution in [3.63, 3.8) is 0 Å². The van der Waals surface area contributed by atoms with E-state index in [9.17, 15) is 9.59 Å². The number of carbonyl (C=O) groups excluding carboxylic acids is 1. The van der Waals surface area contributed by atoms with Gasteiger partial charge in [0.05, 0.1) is 11.1 Å². The van der Waals surface area contributed by atoms with Gasteiger partial charge in [0, 0.05) is 17.8 Å². The first kappa shape index (κ1) is 17.7. The first-order valence-corrected chi connectivity index (χ1v) is 7.60. The molecule has 0 aliphatic carbocycles. The minimum absolute atomic E-state index is 0.0474. The number of anilines is 1. The number of carboxylic acids is 1. The Morgan fingerprint density at radius 2 is 1.67 bits per heavy atom. The molecule has 0 saturated carbocycles. The Balaban J connectivity index is 2.04. The maximum atomic E-state index is 12.3. The highest BCUT2D eigenvalue weighted by Gasteiger charge is 2.17. The summed E-state index contributed by atoms with van der Waals surface area (Å²) in [6.07, 6.45) is 0. The van der Waals surface area contributed by atoms with Gasteiger partial charge in [-0.1, -0.05) is 23.7 Å². The van der Waals surface area contributed by atoms with E-state index in [2.05, 4.69) is 10.7 Å². The third kappa shape index (κ3) is 4.43. The van der Waals surface area contributed by atoms with E-state index >= 15 is 0 Å². The highest BCUT2D eigenvalue weighted by Crippen LogP contribution is 2.14. The highest BCUT2D eigenvalue weighted by molar-refractivity contribution is 7.80. The molecule has 0 aliphatic heterocycles. The van der Waals surface area contributed by atoms with Crippen molar-refractivity contribution in [3.05, 3.63) is 64.7 Å². The molecule has 0 aromatic heterocycles. The second-order valence-corrected chi connectivity index (χ2v) is 5.61. The third-order valence-electron chi connectivity index (χ3n) is 3.07. The second-order valence-electron chi connectivity index (χ2n) is 4.79. The number of hydrogen-bond donors (Lipinski definition) is 3. The van der Waals surface area contributed by atoms with Crippen LogP contribution in [-0.4, -0.2) is 34.2 Å². The Bertz CT molecular complexity index is 780. The van der Waals surface area contributed by atoms with Crippen molar-refractivity contribution in [1.29, 1.82) is 0 Å². The molecular weight excluding hydrogens is 350 g/mol. The third-order valence-corrected chi connectivity index (χ3v) is 3.70. The summed E-state index contributed by atoms with van der Waals surface area (Å²) in [5, 5.41) is 14.2. The summed E-state index contributed by atoms with van der Waals surface area (Å²) in [7, 11) is 1.55. The molecule has 6 nitrogen and oxygen atoms in total. The molecule has 0 bridgehead atoms. The van der Waals surface area contributed by atoms with Crippen LogP contribution >= 0.6 is 23.8 Å². The van der Waals surface area contributed by atoms with Gasteiger partial charge in [-0.3, -0.25) is 15.2 Å². The zero-order chi connectivity index (χ0) is 17.7. The first-order valence-electron chi connectivity index (χ1n) is 6.82. The summed E-state index contributed by atoms with van der Waals surface area (Å²) < 4.78 is 0. The van der Waals surface area contributed by atoms with Crippen LogP contribution in [0.3, 0.4) is 0 Å². The lowest BCUT2D eigenvalue weighted by molar-refractivity contribution is 0.0689. The number of amides is 1. The van der Waals surface area contributed by atoms with Crippen molar-refractivity contribution in [2.45, 2.75) is 0 Å². The zero-order valence-electron chi connectivity index (χ0n) is 12.6. The van der Waals surface area contributed by atoms with Gasteiger partial charge in [-0.15, -0.1) is 0 Å². The summed E-state index contributed by atoms with van der Waals surface area (Å²) in [6.45, 7) is 0. The fraction of sp³-hybridized carbons (Fsp3) is 0.0625. The quantitative estimate of drug-likeness (QED) is 0.574. The Morgan fingerprint density at radius 1 is 1.08 bits per heavy atom. The monoisotopic (exact) mass is 363 g/mol. The predicted molar refractivity (Wildman–Crippen MR) is 96.3 cm³/mol. The summed E-state index contributed by atoms with van der Waals surface area (Å²) in [6, 6.07) is 12.8. The maximum Gasteiger partial charge on any atom is 0.336 e. The summed E-state index contributed by atoms with van der Waals surface area (Å²) >= 11 is 11.0. The average Bonchev–Trinajstić information content (AvgIpc) is 2.56. The van der Waals surface area contributed by atoms with Gasteiger partial charge in [-0.05, 0) is 48.6 Å². The van der Waals surface area contributed by atoms with Crippen molar-refractivity contribution < 1.29 is 14.7 Å². The molecule has 124 valence electrons. The van der Waals surface area contributed by atoms with E-state index in [1.54, 1.807) is 43.4 Å². The average molecular weight is 364 g/mol. The molecule has 0 heterocycles. The Morgan fingerprint density at radius 3 is 2.25 bits per heavy atom. The molecule has 0 aliphatic rings. The summed E-state index contributed by atoms with van der Waals surface area (Å²) in [5.74, 6) is -1.75. The number of hydrazine groups is 1. The number of benzene rings is 2. The van der Waals surface area contributed by atoms with Crippen LogP contribution < -0.4 is 10.7 Å². The molecule has 3 N–H and O–H groups in total. The Kier molecular flexibility index (Phi) is 5.73. The number of halogens is 1. The number of nitrogens with one attached hydrogen (secondary N) is 2. The molecule has 2 aromatic carbocycles. The molecule has 0 atom stereocenters. The number of nitrogens with zero attached hydrogens (tertiary/aromatic N) is 1. The lowest BCUT2D eigenvalue weighted by atomic mass is 10.1. The van der Waals surface area contributed by atoms with E-state index in [0.717, 1.165) is 0 Å². The van der Waals surface area contributed by atoms with E-state index in [1.807, 2.05) is 0 Å². The molecule has 1 amide bonds. The number of aromatic carboxylic acids is 1. The number of thiocarbonyl (C=S) groups is 1. The Labute approximate surface area is 149 Å². The van der Waals surface area contributed by atoms with Crippen LogP contribution in [0.2, 0.25) is 5.02 Å². The van der Waals surface area contributed by atoms with Gasteiger partial charge in [0.25, 0.3) is 5.91 Å². The molecule has 0 radical (unpaired) electrons. The number of carbonyl (C=O) groups is 2. The summed E-state index contributed by atoms with van der Waals surface area (Å²) in [5.41, 5.74) is 3.19. The van der Waals surface area contributed by atoms with Gasteiger partial charge >= 0.3 is 5.97 Å². The molecule has 2 aromatic rings. The van der Waals surface area contributed by atoms with E-state index in [-0.39, 0.29) is 16.2 Å². The van der Waals surface area contributed by atoms with Gasteiger partial charge in [0.1, 0.15) is 0 Å². The van der Waals surface area contributed by atoms with Crippen LogP contribution in [0.5, 0.6) is 0 Å². The van der Waals surface area contributed by atoms with Crippen molar-refractivity contribution in [2.75, 3.05) is 12.4 Å². The van der Waals surface area contributed by atoms with Gasteiger partial charge in [0.15, 0.2) is 5.11 Å². The van der Waals surface area contributed by atoms with E-state index in [1.165, 1.54) is 17.1 Å². The van der Waals surface area contributed by atoms with E-state index in [4.69, 9.17) is 28.9 Å². The van der Waals surface area contributed by atoms with Crippen LogP contribution in [0.4, 0.5) is 5.69 Å². The van der Waals surface area contributed by atoms with Crippen LogP contribution in [0.15, 0.2) is 48.5 Å². The van der Waals surface area contributed by atoms with Gasteiger partial charge < -0.3 is 10.4 Å². The van der Waals surface area contributed by atoms with Gasteiger partial charge in [0.2, 0.25) is 0 Å². The predicted octanol–water partition coefficient (Wildman–Crippen LogP) is 3.01. The molecule has 24 heavy (non-hydrogen) atoms. The minimum Gasteiger partial charge on any atom is -0.478 e. The Hall–Kier alpha value is -2.64. The smallest absolute Gasteiger partial charge is 0.336 e. The SMILES string of the molecule is CN(NC(=O)c1ccccc1C(=O)O)C(=S)Nc1ccc(Cl)cc1. The largest absolute Gasteiger partial charge is 0.478 e. The number of hydrogen-bond acceptors (Lipinski definition) is 3. The van der Waals surface area contributed by atoms with Crippen molar-refractivity contribution in [1.82, 2.24) is 10.4 Å². The molecule has 0 saturated heterocycles. The van der Waals surface area contributed by atoms with Gasteiger partial charge in [-0.25, -0.2) is 4.79 Å². The number of rotatable bonds is 3. The van der Waals surface area contributed by atoms with E-state index < -0.39 is 11.9 Å². The van der Waals surface area contributed by atoms with E-state index in [0.29, 0.717) is 10.7 Å². The van der Waals surface area contributed by atoms with Crippen LogP contribution in [0.1, 0.15) is 20.7 Å². The second kappa shape index (κ2) is 7.76. The van der Waals surface area contributed by atoms with Gasteiger partial charge in [-0.2, -0.15) is 0 Å². The molecule has 0 fully saturated rings. The van der Waals surface area contributed by atoms with Crippen LogP contribution in [-0.2, 0) is 0 Å². The topological polar surface area (TPSA) is 81.7 Å². The van der Waals surface area contributed by atoms with Crippen molar-refractivity contribution in [2.24, 2.45) is 0 Å². The molecule has 8 heteroatoms. The standard InChI is InChI=1S/C16H14ClN3O3S/c1-20(16(24)18-11-8-6-10(17)7-9-11)19-14(21)12-4-2-3-5-13(12)15(22)23/h2-9H,1H3,(H,18,24)(H,19,21)(H,22,23). The molecular formula is C16H14ClN3O3S.